The summed E-state index contributed by atoms with van der Waals surface area (Å²) in [5.41, 5.74) is 0.685. The van der Waals surface area contributed by atoms with Gasteiger partial charge in [-0.15, -0.1) is 0 Å². The van der Waals surface area contributed by atoms with E-state index in [0.717, 1.165) is 19.3 Å². The van der Waals surface area contributed by atoms with Crippen molar-refractivity contribution < 1.29 is 15.0 Å². The van der Waals surface area contributed by atoms with Gasteiger partial charge < -0.3 is 15.1 Å². The third kappa shape index (κ3) is 4.10. The van der Waals surface area contributed by atoms with E-state index >= 15 is 0 Å². The number of aromatic hydroxyl groups is 1. The van der Waals surface area contributed by atoms with Crippen LogP contribution in [0.1, 0.15) is 58.7 Å². The standard InChI is InChI=1S/C20H31NO3/c1-13(2)16-9-10-20(3,4)12-17(16)19(24)21(5)18(23)14-7-6-8-15(22)11-14/h6-8,11,13,16-18,22-23H,9-10,12H2,1-5H3. The molecule has 1 fully saturated rings. The predicted octanol–water partition coefficient (Wildman–Crippen LogP) is 3.94. The average Bonchev–Trinajstić information content (AvgIpc) is 2.51. The monoisotopic (exact) mass is 333 g/mol. The summed E-state index contributed by atoms with van der Waals surface area (Å²) in [5, 5.41) is 20.2. The van der Waals surface area contributed by atoms with E-state index in [1.807, 2.05) is 0 Å². The number of aliphatic hydroxyl groups excluding tert-OH is 1. The number of carbonyl (C=O) groups is 1. The number of amides is 1. The van der Waals surface area contributed by atoms with E-state index in [2.05, 4.69) is 27.7 Å². The summed E-state index contributed by atoms with van der Waals surface area (Å²) < 4.78 is 0. The maximum absolute atomic E-state index is 13.1. The minimum atomic E-state index is -1.04. The van der Waals surface area contributed by atoms with Gasteiger partial charge in [0.15, 0.2) is 6.23 Å². The first kappa shape index (κ1) is 18.8. The van der Waals surface area contributed by atoms with Crippen LogP contribution in [-0.2, 0) is 4.79 Å². The van der Waals surface area contributed by atoms with E-state index in [1.165, 1.54) is 11.0 Å². The van der Waals surface area contributed by atoms with E-state index in [9.17, 15) is 15.0 Å². The molecule has 0 radical (unpaired) electrons. The fourth-order valence-electron chi connectivity index (χ4n) is 3.97. The molecule has 0 heterocycles. The molecule has 1 saturated carbocycles. The lowest BCUT2D eigenvalue weighted by Crippen LogP contribution is -2.44. The maximum atomic E-state index is 13.1. The van der Waals surface area contributed by atoms with E-state index in [4.69, 9.17) is 0 Å². The fourth-order valence-corrected chi connectivity index (χ4v) is 3.97. The molecular weight excluding hydrogens is 302 g/mol. The van der Waals surface area contributed by atoms with Crippen LogP contribution < -0.4 is 0 Å². The Morgan fingerprint density at radius 1 is 1.33 bits per heavy atom. The van der Waals surface area contributed by atoms with E-state index < -0.39 is 6.23 Å². The summed E-state index contributed by atoms with van der Waals surface area (Å²) in [7, 11) is 1.65. The molecule has 1 aromatic rings. The van der Waals surface area contributed by atoms with Crippen molar-refractivity contribution in [1.29, 1.82) is 0 Å². The van der Waals surface area contributed by atoms with Gasteiger partial charge in [-0.3, -0.25) is 4.79 Å². The van der Waals surface area contributed by atoms with Gasteiger partial charge in [-0.1, -0.05) is 39.8 Å². The minimum absolute atomic E-state index is 0.00248. The van der Waals surface area contributed by atoms with Crippen LogP contribution in [0.3, 0.4) is 0 Å². The largest absolute Gasteiger partial charge is 0.508 e. The number of phenolic OH excluding ortho intramolecular Hbond substituents is 1. The zero-order chi connectivity index (χ0) is 18.1. The highest BCUT2D eigenvalue weighted by Gasteiger charge is 2.41. The van der Waals surface area contributed by atoms with Crippen LogP contribution in [0, 0.1) is 23.2 Å². The van der Waals surface area contributed by atoms with Gasteiger partial charge in [0.25, 0.3) is 0 Å². The molecule has 0 aromatic heterocycles. The number of phenols is 1. The Labute approximate surface area is 145 Å². The first-order valence-electron chi connectivity index (χ1n) is 8.86. The second-order valence-electron chi connectivity index (χ2n) is 8.34. The highest BCUT2D eigenvalue weighted by atomic mass is 16.3. The normalized spacial score (nSPS) is 24.6. The zero-order valence-electron chi connectivity index (χ0n) is 15.5. The molecule has 1 amide bonds. The molecule has 1 aliphatic carbocycles. The van der Waals surface area contributed by atoms with Gasteiger partial charge in [-0.25, -0.2) is 0 Å². The first-order chi connectivity index (χ1) is 11.1. The van der Waals surface area contributed by atoms with Gasteiger partial charge in [-0.2, -0.15) is 0 Å². The van der Waals surface area contributed by atoms with Crippen molar-refractivity contribution in [3.05, 3.63) is 29.8 Å². The van der Waals surface area contributed by atoms with E-state index in [1.54, 1.807) is 25.2 Å². The maximum Gasteiger partial charge on any atom is 0.228 e. The van der Waals surface area contributed by atoms with Gasteiger partial charge in [0.05, 0.1) is 0 Å². The Morgan fingerprint density at radius 2 is 2.00 bits per heavy atom. The van der Waals surface area contributed by atoms with Crippen LogP contribution in [0.5, 0.6) is 5.75 Å². The molecule has 0 bridgehead atoms. The molecule has 4 heteroatoms. The summed E-state index contributed by atoms with van der Waals surface area (Å²) in [5.74, 6) is 0.819. The topological polar surface area (TPSA) is 60.8 Å². The third-order valence-corrected chi connectivity index (χ3v) is 5.50. The van der Waals surface area contributed by atoms with Crippen molar-refractivity contribution in [2.45, 2.75) is 53.2 Å². The predicted molar refractivity (Wildman–Crippen MR) is 95.3 cm³/mol. The first-order valence-corrected chi connectivity index (χ1v) is 8.86. The van der Waals surface area contributed by atoms with E-state index in [0.29, 0.717) is 17.4 Å². The third-order valence-electron chi connectivity index (χ3n) is 5.50. The van der Waals surface area contributed by atoms with Gasteiger partial charge in [0.2, 0.25) is 5.91 Å². The highest BCUT2D eigenvalue weighted by molar-refractivity contribution is 5.79. The van der Waals surface area contributed by atoms with Crippen molar-refractivity contribution >= 4 is 5.91 Å². The molecule has 2 rings (SSSR count). The fraction of sp³-hybridized carbons (Fsp3) is 0.650. The second-order valence-corrected chi connectivity index (χ2v) is 8.34. The summed E-state index contributed by atoms with van der Waals surface area (Å²) in [6.07, 6.45) is 2.00. The Bertz CT molecular complexity index is 582. The molecule has 0 spiro atoms. The molecule has 0 saturated heterocycles. The van der Waals surface area contributed by atoms with Crippen LogP contribution in [0.4, 0.5) is 0 Å². The van der Waals surface area contributed by atoms with Crippen molar-refractivity contribution in [2.75, 3.05) is 7.05 Å². The smallest absolute Gasteiger partial charge is 0.228 e. The van der Waals surface area contributed by atoms with E-state index in [-0.39, 0.29) is 23.0 Å². The van der Waals surface area contributed by atoms with Crippen molar-refractivity contribution in [2.24, 2.45) is 23.2 Å². The molecular formula is C20H31NO3. The lowest BCUT2D eigenvalue weighted by Gasteiger charge is -2.43. The van der Waals surface area contributed by atoms with Crippen LogP contribution in [0.2, 0.25) is 0 Å². The van der Waals surface area contributed by atoms with Gasteiger partial charge in [0, 0.05) is 18.5 Å². The summed E-state index contributed by atoms with van der Waals surface area (Å²) in [6.45, 7) is 8.79. The molecule has 3 atom stereocenters. The quantitative estimate of drug-likeness (QED) is 0.821. The van der Waals surface area contributed by atoms with Crippen LogP contribution >= 0.6 is 0 Å². The lowest BCUT2D eigenvalue weighted by molar-refractivity contribution is -0.149. The average molecular weight is 333 g/mol. The Morgan fingerprint density at radius 3 is 2.58 bits per heavy atom. The van der Waals surface area contributed by atoms with Crippen molar-refractivity contribution in [3.8, 4) is 5.75 Å². The second kappa shape index (κ2) is 7.14. The lowest BCUT2D eigenvalue weighted by atomic mass is 9.64. The number of benzene rings is 1. The summed E-state index contributed by atoms with van der Waals surface area (Å²) in [4.78, 5) is 14.5. The number of carbonyl (C=O) groups excluding carboxylic acids is 1. The van der Waals surface area contributed by atoms with Gasteiger partial charge >= 0.3 is 0 Å². The summed E-state index contributed by atoms with van der Waals surface area (Å²) in [6, 6.07) is 6.45. The molecule has 0 aliphatic heterocycles. The Kier molecular flexibility index (Phi) is 5.59. The van der Waals surface area contributed by atoms with Crippen molar-refractivity contribution in [1.82, 2.24) is 4.90 Å². The molecule has 1 aromatic carbocycles. The number of hydrogen-bond acceptors (Lipinski definition) is 3. The Balaban J connectivity index is 2.20. The van der Waals surface area contributed by atoms with Gasteiger partial charge in [0.1, 0.15) is 5.75 Å². The van der Waals surface area contributed by atoms with Crippen LogP contribution in [-0.4, -0.2) is 28.1 Å². The number of hydrogen-bond donors (Lipinski definition) is 2. The van der Waals surface area contributed by atoms with Crippen LogP contribution in [0.25, 0.3) is 0 Å². The molecule has 2 N–H and O–H groups in total. The zero-order valence-corrected chi connectivity index (χ0v) is 15.5. The summed E-state index contributed by atoms with van der Waals surface area (Å²) >= 11 is 0. The van der Waals surface area contributed by atoms with Crippen molar-refractivity contribution in [3.63, 3.8) is 0 Å². The molecule has 1 aliphatic rings. The number of rotatable bonds is 4. The SMILES string of the molecule is CC(C)C1CCC(C)(C)CC1C(=O)N(C)C(O)c1cccc(O)c1. The molecule has 24 heavy (non-hydrogen) atoms. The molecule has 4 nitrogen and oxygen atoms in total. The number of nitrogens with zero attached hydrogens (tertiary/aromatic N) is 1. The molecule has 134 valence electrons. The van der Waals surface area contributed by atoms with Crippen LogP contribution in [0.15, 0.2) is 24.3 Å². The van der Waals surface area contributed by atoms with Gasteiger partial charge in [-0.05, 0) is 48.6 Å². The Hall–Kier alpha value is -1.55. The number of aliphatic hydroxyl groups is 1. The minimum Gasteiger partial charge on any atom is -0.508 e. The molecule has 3 unspecified atom stereocenters. The highest BCUT2D eigenvalue weighted by Crippen LogP contribution is 2.45.